The van der Waals surface area contributed by atoms with E-state index in [1.54, 1.807) is 18.2 Å². The fourth-order valence-corrected chi connectivity index (χ4v) is 2.79. The number of para-hydroxylation sites is 1. The molecule has 116 valence electrons. The van der Waals surface area contributed by atoms with Gasteiger partial charge in [0, 0.05) is 22.9 Å². The summed E-state index contributed by atoms with van der Waals surface area (Å²) >= 11 is 1.28. The van der Waals surface area contributed by atoms with E-state index >= 15 is 0 Å². The highest BCUT2D eigenvalue weighted by molar-refractivity contribution is 7.98. The maximum Gasteiger partial charge on any atom is 0.277 e. The second-order valence-corrected chi connectivity index (χ2v) is 5.84. The number of thioether (sulfide) groups is 1. The molecule has 0 radical (unpaired) electrons. The van der Waals surface area contributed by atoms with E-state index in [-0.39, 0.29) is 10.6 Å². The van der Waals surface area contributed by atoms with Crippen LogP contribution in [-0.4, -0.2) is 15.1 Å². The van der Waals surface area contributed by atoms with E-state index in [0.717, 1.165) is 11.1 Å². The minimum absolute atomic E-state index is 0.0956. The van der Waals surface area contributed by atoms with Crippen LogP contribution in [-0.2, 0) is 5.75 Å². The summed E-state index contributed by atoms with van der Waals surface area (Å²) in [5.41, 5.74) is 2.72. The number of hydrogen-bond donors (Lipinski definition) is 0. The molecule has 0 fully saturated rings. The quantitative estimate of drug-likeness (QED) is 0.396. The molecule has 0 atom stereocenters. The molecule has 7 heteroatoms. The zero-order valence-corrected chi connectivity index (χ0v) is 13.1. The summed E-state index contributed by atoms with van der Waals surface area (Å²) in [6.45, 7) is 2.01. The van der Waals surface area contributed by atoms with Crippen LogP contribution in [0.3, 0.4) is 0 Å². The molecule has 0 saturated carbocycles. The second kappa shape index (κ2) is 6.62. The van der Waals surface area contributed by atoms with Crippen LogP contribution in [0.5, 0.6) is 0 Å². The number of nitrogens with zero attached hydrogens (tertiary/aromatic N) is 3. The Morgan fingerprint density at radius 1 is 1.13 bits per heavy atom. The minimum Gasteiger partial charge on any atom is -0.411 e. The molecule has 0 aliphatic rings. The normalized spacial score (nSPS) is 10.7. The first-order chi connectivity index (χ1) is 11.1. The Morgan fingerprint density at radius 3 is 2.61 bits per heavy atom. The van der Waals surface area contributed by atoms with Crippen molar-refractivity contribution < 1.29 is 9.34 Å². The standard InChI is InChI=1S/C16H13N3O3S/c1-11-6-8-12(9-7-11)15-17-18-16(22-15)23-10-13-4-2-3-5-14(13)19(20)21/h2-9H,10H2,1H3. The molecule has 1 aromatic heterocycles. The highest BCUT2D eigenvalue weighted by atomic mass is 32.2. The summed E-state index contributed by atoms with van der Waals surface area (Å²) in [4.78, 5) is 10.6. The van der Waals surface area contributed by atoms with Gasteiger partial charge in [-0.05, 0) is 19.1 Å². The third kappa shape index (κ3) is 3.57. The first kappa shape index (κ1) is 15.2. The largest absolute Gasteiger partial charge is 0.411 e. The lowest BCUT2D eigenvalue weighted by Crippen LogP contribution is -1.93. The van der Waals surface area contributed by atoms with Crippen molar-refractivity contribution in [1.29, 1.82) is 0 Å². The molecule has 0 saturated heterocycles. The summed E-state index contributed by atoms with van der Waals surface area (Å²) in [5, 5.41) is 19.4. The van der Waals surface area contributed by atoms with Gasteiger partial charge in [-0.15, -0.1) is 10.2 Å². The average Bonchev–Trinajstić information content (AvgIpc) is 3.03. The van der Waals surface area contributed by atoms with Crippen molar-refractivity contribution in [3.63, 3.8) is 0 Å². The smallest absolute Gasteiger partial charge is 0.277 e. The van der Waals surface area contributed by atoms with Gasteiger partial charge in [-0.2, -0.15) is 0 Å². The summed E-state index contributed by atoms with van der Waals surface area (Å²) in [5.74, 6) is 0.835. The predicted octanol–water partition coefficient (Wildman–Crippen LogP) is 4.25. The van der Waals surface area contributed by atoms with Crippen LogP contribution in [0.25, 0.3) is 11.5 Å². The molecule has 2 aromatic carbocycles. The maximum absolute atomic E-state index is 11.0. The van der Waals surface area contributed by atoms with Gasteiger partial charge < -0.3 is 4.42 Å². The molecule has 3 aromatic rings. The molecule has 0 bridgehead atoms. The number of nitro benzene ring substituents is 1. The van der Waals surface area contributed by atoms with Crippen molar-refractivity contribution in [1.82, 2.24) is 10.2 Å². The molecule has 0 aliphatic heterocycles. The molecule has 0 unspecified atom stereocenters. The van der Waals surface area contributed by atoms with Gasteiger partial charge in [-0.1, -0.05) is 47.7 Å². The lowest BCUT2D eigenvalue weighted by molar-refractivity contribution is -0.385. The average molecular weight is 327 g/mol. The van der Waals surface area contributed by atoms with Crippen molar-refractivity contribution >= 4 is 17.4 Å². The van der Waals surface area contributed by atoms with Crippen molar-refractivity contribution in [3.8, 4) is 11.5 Å². The summed E-state index contributed by atoms with van der Waals surface area (Å²) in [6, 6.07) is 14.4. The Balaban J connectivity index is 1.73. The van der Waals surface area contributed by atoms with Crippen LogP contribution < -0.4 is 0 Å². The third-order valence-corrected chi connectivity index (χ3v) is 4.11. The van der Waals surface area contributed by atoms with E-state index in [1.807, 2.05) is 31.2 Å². The fourth-order valence-electron chi connectivity index (χ4n) is 2.03. The third-order valence-electron chi connectivity index (χ3n) is 3.24. The van der Waals surface area contributed by atoms with Crippen LogP contribution in [0.15, 0.2) is 58.2 Å². The molecule has 0 amide bonds. The number of aromatic nitrogens is 2. The number of nitro groups is 1. The van der Waals surface area contributed by atoms with Gasteiger partial charge in [-0.25, -0.2) is 0 Å². The lowest BCUT2D eigenvalue weighted by Gasteiger charge is -2.00. The van der Waals surface area contributed by atoms with Crippen LogP contribution in [0.1, 0.15) is 11.1 Å². The Bertz CT molecular complexity index is 831. The molecular weight excluding hydrogens is 314 g/mol. The van der Waals surface area contributed by atoms with Gasteiger partial charge >= 0.3 is 0 Å². The topological polar surface area (TPSA) is 82.1 Å². The molecule has 0 N–H and O–H groups in total. The molecule has 0 spiro atoms. The SMILES string of the molecule is Cc1ccc(-c2nnc(SCc3ccccc3[N+](=O)[O-])o2)cc1. The number of rotatable bonds is 5. The van der Waals surface area contributed by atoms with Crippen molar-refractivity contribution in [2.24, 2.45) is 0 Å². The Kier molecular flexibility index (Phi) is 4.38. The van der Waals surface area contributed by atoms with E-state index in [4.69, 9.17) is 4.42 Å². The summed E-state index contributed by atoms with van der Waals surface area (Å²) < 4.78 is 5.60. The highest BCUT2D eigenvalue weighted by Gasteiger charge is 2.14. The second-order valence-electron chi connectivity index (χ2n) is 4.91. The van der Waals surface area contributed by atoms with Gasteiger partial charge in [0.25, 0.3) is 10.9 Å². The van der Waals surface area contributed by atoms with Crippen LogP contribution in [0.2, 0.25) is 0 Å². The maximum atomic E-state index is 11.0. The lowest BCUT2D eigenvalue weighted by atomic mass is 10.1. The number of benzene rings is 2. The van der Waals surface area contributed by atoms with E-state index in [2.05, 4.69) is 10.2 Å². The summed E-state index contributed by atoms with van der Waals surface area (Å²) in [6.07, 6.45) is 0. The van der Waals surface area contributed by atoms with Crippen LogP contribution >= 0.6 is 11.8 Å². The Morgan fingerprint density at radius 2 is 1.87 bits per heavy atom. The molecule has 6 nitrogen and oxygen atoms in total. The zero-order valence-electron chi connectivity index (χ0n) is 12.3. The van der Waals surface area contributed by atoms with Gasteiger partial charge in [0.1, 0.15) is 0 Å². The first-order valence-electron chi connectivity index (χ1n) is 6.89. The molecule has 0 aliphatic carbocycles. The van der Waals surface area contributed by atoms with Crippen molar-refractivity contribution in [2.75, 3.05) is 0 Å². The zero-order chi connectivity index (χ0) is 16.2. The summed E-state index contributed by atoms with van der Waals surface area (Å²) in [7, 11) is 0. The van der Waals surface area contributed by atoms with Crippen LogP contribution in [0.4, 0.5) is 5.69 Å². The Hall–Kier alpha value is -2.67. The molecule has 3 rings (SSSR count). The van der Waals surface area contributed by atoms with Crippen LogP contribution in [0, 0.1) is 17.0 Å². The van der Waals surface area contributed by atoms with E-state index in [1.165, 1.54) is 17.8 Å². The van der Waals surface area contributed by atoms with Gasteiger partial charge in [0.15, 0.2) is 0 Å². The minimum atomic E-state index is -0.387. The molecular formula is C16H13N3O3S. The van der Waals surface area contributed by atoms with E-state index in [0.29, 0.717) is 22.4 Å². The van der Waals surface area contributed by atoms with Crippen molar-refractivity contribution in [2.45, 2.75) is 17.9 Å². The van der Waals surface area contributed by atoms with Gasteiger partial charge in [0.2, 0.25) is 5.89 Å². The monoisotopic (exact) mass is 327 g/mol. The first-order valence-corrected chi connectivity index (χ1v) is 7.87. The fraction of sp³-hybridized carbons (Fsp3) is 0.125. The van der Waals surface area contributed by atoms with E-state index in [9.17, 15) is 10.1 Å². The molecule has 1 heterocycles. The van der Waals surface area contributed by atoms with Gasteiger partial charge in [-0.3, -0.25) is 10.1 Å². The van der Waals surface area contributed by atoms with E-state index < -0.39 is 0 Å². The van der Waals surface area contributed by atoms with Crippen molar-refractivity contribution in [3.05, 3.63) is 69.8 Å². The molecule has 23 heavy (non-hydrogen) atoms. The number of aryl methyl sites for hydroxylation is 1. The highest BCUT2D eigenvalue weighted by Crippen LogP contribution is 2.29. The van der Waals surface area contributed by atoms with Gasteiger partial charge in [0.05, 0.1) is 4.92 Å². The number of hydrogen-bond acceptors (Lipinski definition) is 6. The Labute approximate surface area is 136 Å². The predicted molar refractivity (Wildman–Crippen MR) is 87.1 cm³/mol.